The molecule has 1 aromatic heterocycles. The summed E-state index contributed by atoms with van der Waals surface area (Å²) in [5.41, 5.74) is 0. The zero-order valence-electron chi connectivity index (χ0n) is 12.6. The summed E-state index contributed by atoms with van der Waals surface area (Å²) in [6.45, 7) is 8.19. The number of thiophene rings is 1. The Labute approximate surface area is 144 Å². The van der Waals surface area contributed by atoms with Crippen LogP contribution in [0, 0.1) is 17.8 Å². The van der Waals surface area contributed by atoms with Crippen molar-refractivity contribution >= 4 is 43.2 Å². The Kier molecular flexibility index (Phi) is 6.58. The molecule has 0 aromatic carbocycles. The molecule has 1 aliphatic rings. The lowest BCUT2D eigenvalue weighted by Gasteiger charge is -2.36. The molecule has 20 heavy (non-hydrogen) atoms. The van der Waals surface area contributed by atoms with Crippen molar-refractivity contribution in [1.82, 2.24) is 5.32 Å². The molecule has 1 aromatic rings. The van der Waals surface area contributed by atoms with Crippen LogP contribution >= 0.6 is 43.2 Å². The van der Waals surface area contributed by atoms with Gasteiger partial charge in [0.05, 0.1) is 3.79 Å². The van der Waals surface area contributed by atoms with Crippen molar-refractivity contribution < 1.29 is 0 Å². The molecule has 3 atom stereocenters. The molecule has 0 bridgehead atoms. The topological polar surface area (TPSA) is 12.0 Å². The minimum absolute atomic E-state index is 0.521. The van der Waals surface area contributed by atoms with Crippen molar-refractivity contribution in [2.75, 3.05) is 6.54 Å². The second-order valence-electron chi connectivity index (χ2n) is 6.38. The van der Waals surface area contributed by atoms with Crippen LogP contribution in [0.2, 0.25) is 0 Å². The summed E-state index contributed by atoms with van der Waals surface area (Å²) in [7, 11) is 0. The van der Waals surface area contributed by atoms with Crippen LogP contribution in [0.3, 0.4) is 0 Å². The van der Waals surface area contributed by atoms with Crippen molar-refractivity contribution in [2.24, 2.45) is 17.8 Å². The normalized spacial score (nSPS) is 28.6. The number of nitrogens with one attached hydrogen (secondary N) is 1. The minimum Gasteiger partial charge on any atom is -0.309 e. The quantitative estimate of drug-likeness (QED) is 0.579. The first-order valence-electron chi connectivity index (χ1n) is 7.69. The highest BCUT2D eigenvalue weighted by Crippen LogP contribution is 2.44. The van der Waals surface area contributed by atoms with Crippen LogP contribution in [0.25, 0.3) is 0 Å². The van der Waals surface area contributed by atoms with Crippen LogP contribution in [-0.2, 0) is 0 Å². The summed E-state index contributed by atoms with van der Waals surface area (Å²) < 4.78 is 2.41. The molecule has 1 saturated carbocycles. The lowest BCUT2D eigenvalue weighted by molar-refractivity contribution is 0.178. The van der Waals surface area contributed by atoms with Crippen molar-refractivity contribution in [3.63, 3.8) is 0 Å². The van der Waals surface area contributed by atoms with Gasteiger partial charge in [0.1, 0.15) is 0 Å². The number of halogens is 2. The molecule has 1 fully saturated rings. The first-order valence-corrected chi connectivity index (χ1v) is 10.1. The van der Waals surface area contributed by atoms with Gasteiger partial charge in [-0.15, -0.1) is 11.3 Å². The number of hydrogen-bond acceptors (Lipinski definition) is 2. The molecule has 0 amide bonds. The Balaban J connectivity index is 2.18. The van der Waals surface area contributed by atoms with E-state index in [2.05, 4.69) is 64.0 Å². The summed E-state index contributed by atoms with van der Waals surface area (Å²) in [6.07, 6.45) is 5.31. The first kappa shape index (κ1) is 17.0. The van der Waals surface area contributed by atoms with Gasteiger partial charge in [0, 0.05) is 15.4 Å². The Morgan fingerprint density at radius 1 is 1.25 bits per heavy atom. The second-order valence-corrected chi connectivity index (χ2v) is 9.64. The molecule has 0 aliphatic heterocycles. The SMILES string of the molecule is CCCNC(c1cc(Br)c(Br)s1)C1CC(C)CC(C)C1. The molecule has 114 valence electrons. The van der Waals surface area contributed by atoms with Crippen LogP contribution < -0.4 is 5.32 Å². The molecule has 0 saturated heterocycles. The molecule has 0 radical (unpaired) electrons. The second kappa shape index (κ2) is 7.75. The Morgan fingerprint density at radius 2 is 1.90 bits per heavy atom. The predicted molar refractivity (Wildman–Crippen MR) is 96.4 cm³/mol. The first-order chi connectivity index (χ1) is 9.51. The van der Waals surface area contributed by atoms with E-state index in [-0.39, 0.29) is 0 Å². The third kappa shape index (κ3) is 4.31. The lowest BCUT2D eigenvalue weighted by Crippen LogP contribution is -2.33. The molecule has 3 unspecified atom stereocenters. The zero-order valence-corrected chi connectivity index (χ0v) is 16.6. The third-order valence-corrected chi connectivity index (χ3v) is 7.61. The number of rotatable bonds is 5. The van der Waals surface area contributed by atoms with Gasteiger partial charge in [0.2, 0.25) is 0 Å². The lowest BCUT2D eigenvalue weighted by atomic mass is 9.73. The van der Waals surface area contributed by atoms with E-state index in [0.717, 1.165) is 24.3 Å². The molecule has 1 heterocycles. The Morgan fingerprint density at radius 3 is 2.40 bits per heavy atom. The van der Waals surface area contributed by atoms with Crippen LogP contribution in [0.4, 0.5) is 0 Å². The smallest absolute Gasteiger partial charge is 0.0843 e. The van der Waals surface area contributed by atoms with Gasteiger partial charge in [-0.05, 0) is 87.9 Å². The van der Waals surface area contributed by atoms with Gasteiger partial charge < -0.3 is 5.32 Å². The molecular formula is C16H25Br2NS. The van der Waals surface area contributed by atoms with Gasteiger partial charge in [0.25, 0.3) is 0 Å². The van der Waals surface area contributed by atoms with Crippen molar-refractivity contribution in [3.8, 4) is 0 Å². The van der Waals surface area contributed by atoms with Gasteiger partial charge in [-0.1, -0.05) is 20.8 Å². The van der Waals surface area contributed by atoms with Crippen LogP contribution in [0.1, 0.15) is 57.4 Å². The Bertz CT molecular complexity index is 403. The summed E-state index contributed by atoms with van der Waals surface area (Å²) in [5.74, 6) is 2.50. The molecule has 1 N–H and O–H groups in total. The monoisotopic (exact) mass is 421 g/mol. The molecule has 0 spiro atoms. The minimum atomic E-state index is 0.521. The molecule has 2 rings (SSSR count). The van der Waals surface area contributed by atoms with E-state index in [1.807, 2.05) is 11.3 Å². The molecule has 1 aliphatic carbocycles. The van der Waals surface area contributed by atoms with Crippen molar-refractivity contribution in [2.45, 2.75) is 52.5 Å². The summed E-state index contributed by atoms with van der Waals surface area (Å²) in [4.78, 5) is 1.48. The number of hydrogen-bond donors (Lipinski definition) is 1. The standard InChI is InChI=1S/C16H25Br2NS/c1-4-5-19-15(14-9-13(17)16(18)20-14)12-7-10(2)6-11(3)8-12/h9-12,15,19H,4-8H2,1-3H3. The predicted octanol–water partition coefficient (Wildman–Crippen LogP) is 6.39. The largest absolute Gasteiger partial charge is 0.309 e. The summed E-state index contributed by atoms with van der Waals surface area (Å²) in [6, 6.07) is 2.82. The van der Waals surface area contributed by atoms with E-state index in [1.165, 1.54) is 38.8 Å². The summed E-state index contributed by atoms with van der Waals surface area (Å²) in [5, 5.41) is 3.81. The van der Waals surface area contributed by atoms with Crippen molar-refractivity contribution in [1.29, 1.82) is 0 Å². The maximum Gasteiger partial charge on any atom is 0.0843 e. The van der Waals surface area contributed by atoms with Crippen LogP contribution in [0.15, 0.2) is 14.3 Å². The van der Waals surface area contributed by atoms with E-state index >= 15 is 0 Å². The Hall–Kier alpha value is 0.620. The highest BCUT2D eigenvalue weighted by atomic mass is 79.9. The average molecular weight is 423 g/mol. The van der Waals surface area contributed by atoms with E-state index in [4.69, 9.17) is 0 Å². The van der Waals surface area contributed by atoms with Gasteiger partial charge in [-0.25, -0.2) is 0 Å². The fourth-order valence-electron chi connectivity index (χ4n) is 3.60. The van der Waals surface area contributed by atoms with Gasteiger partial charge in [0.15, 0.2) is 0 Å². The molecule has 1 nitrogen and oxygen atoms in total. The fourth-order valence-corrected chi connectivity index (χ4v) is 5.86. The average Bonchev–Trinajstić information content (AvgIpc) is 2.69. The van der Waals surface area contributed by atoms with E-state index in [1.54, 1.807) is 0 Å². The maximum absolute atomic E-state index is 3.81. The molecule has 4 heteroatoms. The fraction of sp³-hybridized carbons (Fsp3) is 0.750. The van der Waals surface area contributed by atoms with Gasteiger partial charge >= 0.3 is 0 Å². The van der Waals surface area contributed by atoms with Crippen LogP contribution in [0.5, 0.6) is 0 Å². The zero-order chi connectivity index (χ0) is 14.7. The highest BCUT2D eigenvalue weighted by Gasteiger charge is 2.31. The van der Waals surface area contributed by atoms with E-state index < -0.39 is 0 Å². The summed E-state index contributed by atoms with van der Waals surface area (Å²) >= 11 is 9.16. The van der Waals surface area contributed by atoms with Crippen LogP contribution in [-0.4, -0.2) is 6.54 Å². The van der Waals surface area contributed by atoms with Gasteiger partial charge in [-0.3, -0.25) is 0 Å². The van der Waals surface area contributed by atoms with Gasteiger partial charge in [-0.2, -0.15) is 0 Å². The highest BCUT2D eigenvalue weighted by molar-refractivity contribution is 9.13. The van der Waals surface area contributed by atoms with Crippen molar-refractivity contribution in [3.05, 3.63) is 19.2 Å². The maximum atomic E-state index is 3.81. The van der Waals surface area contributed by atoms with E-state index in [0.29, 0.717) is 6.04 Å². The molecular weight excluding hydrogens is 398 g/mol. The van der Waals surface area contributed by atoms with E-state index in [9.17, 15) is 0 Å². The third-order valence-electron chi connectivity index (χ3n) is 4.27.